The predicted octanol–water partition coefficient (Wildman–Crippen LogP) is 1.96. The van der Waals surface area contributed by atoms with Crippen LogP contribution in [0.25, 0.3) is 0 Å². The summed E-state index contributed by atoms with van der Waals surface area (Å²) in [5, 5.41) is 9.03. The van der Waals surface area contributed by atoms with E-state index in [0.717, 1.165) is 6.42 Å². The Morgan fingerprint density at radius 3 is 2.83 bits per heavy atom. The van der Waals surface area contributed by atoms with Gasteiger partial charge in [0.05, 0.1) is 18.8 Å². The first-order valence-electron chi connectivity index (χ1n) is 5.04. The van der Waals surface area contributed by atoms with E-state index in [2.05, 4.69) is 13.8 Å². The van der Waals surface area contributed by atoms with E-state index >= 15 is 0 Å². The highest BCUT2D eigenvalue weighted by molar-refractivity contribution is 4.79. The van der Waals surface area contributed by atoms with Gasteiger partial charge in [-0.25, -0.2) is 0 Å². The number of unbranched alkanes of at least 4 members (excludes halogenated alkanes) is 1. The summed E-state index contributed by atoms with van der Waals surface area (Å²) in [7, 11) is 0. The molecule has 3 atom stereocenters. The van der Waals surface area contributed by atoms with E-state index in [9.17, 15) is 0 Å². The molecule has 1 heterocycles. The molecule has 0 bridgehead atoms. The molecular formula is C10H20O2. The molecule has 0 unspecified atom stereocenters. The minimum Gasteiger partial charge on any atom is -0.394 e. The van der Waals surface area contributed by atoms with Crippen LogP contribution in [-0.4, -0.2) is 23.9 Å². The molecule has 1 fully saturated rings. The van der Waals surface area contributed by atoms with E-state index in [0.29, 0.717) is 12.0 Å². The largest absolute Gasteiger partial charge is 0.394 e. The van der Waals surface area contributed by atoms with Crippen LogP contribution in [0.3, 0.4) is 0 Å². The molecule has 0 spiro atoms. The Kier molecular flexibility index (Phi) is 4.02. The van der Waals surface area contributed by atoms with Crippen LogP contribution < -0.4 is 0 Å². The quantitative estimate of drug-likeness (QED) is 0.702. The molecule has 1 rings (SSSR count). The van der Waals surface area contributed by atoms with Crippen molar-refractivity contribution < 1.29 is 9.84 Å². The topological polar surface area (TPSA) is 29.5 Å². The Hall–Kier alpha value is -0.0800. The van der Waals surface area contributed by atoms with Crippen molar-refractivity contribution in [3.05, 3.63) is 0 Å². The molecule has 12 heavy (non-hydrogen) atoms. The number of ether oxygens (including phenoxy) is 1. The van der Waals surface area contributed by atoms with Crippen LogP contribution in [0.5, 0.6) is 0 Å². The summed E-state index contributed by atoms with van der Waals surface area (Å²) in [6.45, 7) is 4.49. The van der Waals surface area contributed by atoms with Gasteiger partial charge < -0.3 is 9.84 Å². The maximum absolute atomic E-state index is 9.03. The van der Waals surface area contributed by atoms with Crippen LogP contribution in [0.1, 0.15) is 39.5 Å². The minimum absolute atomic E-state index is 0.117. The molecule has 1 aliphatic heterocycles. The third-order valence-electron chi connectivity index (χ3n) is 2.68. The van der Waals surface area contributed by atoms with Crippen LogP contribution in [0, 0.1) is 5.92 Å². The van der Waals surface area contributed by atoms with Gasteiger partial charge in [-0.05, 0) is 25.7 Å². The summed E-state index contributed by atoms with van der Waals surface area (Å²) >= 11 is 0. The molecule has 1 N–H and O–H groups in total. The second-order valence-corrected chi connectivity index (χ2v) is 3.81. The number of aliphatic hydroxyl groups excluding tert-OH is 1. The lowest BCUT2D eigenvalue weighted by atomic mass is 9.94. The van der Waals surface area contributed by atoms with Crippen molar-refractivity contribution in [3.63, 3.8) is 0 Å². The fourth-order valence-electron chi connectivity index (χ4n) is 2.01. The van der Waals surface area contributed by atoms with Crippen molar-refractivity contribution in [3.8, 4) is 0 Å². The van der Waals surface area contributed by atoms with E-state index in [1.807, 2.05) is 0 Å². The Balaban J connectivity index is 2.30. The zero-order chi connectivity index (χ0) is 8.97. The summed E-state index contributed by atoms with van der Waals surface area (Å²) in [6.07, 6.45) is 5.31. The van der Waals surface area contributed by atoms with Crippen LogP contribution in [0.15, 0.2) is 0 Å². The highest BCUT2D eigenvalue weighted by atomic mass is 16.5. The molecule has 0 aliphatic carbocycles. The molecule has 1 aliphatic rings. The van der Waals surface area contributed by atoms with E-state index < -0.39 is 0 Å². The minimum atomic E-state index is 0.117. The molecule has 0 aromatic rings. The Bertz CT molecular complexity index is 125. The van der Waals surface area contributed by atoms with Gasteiger partial charge in [-0.15, -0.1) is 0 Å². The number of aliphatic hydroxyl groups is 1. The van der Waals surface area contributed by atoms with Gasteiger partial charge in [-0.2, -0.15) is 0 Å². The third-order valence-corrected chi connectivity index (χ3v) is 2.68. The summed E-state index contributed by atoms with van der Waals surface area (Å²) in [5.74, 6) is 0.602. The Morgan fingerprint density at radius 2 is 2.25 bits per heavy atom. The van der Waals surface area contributed by atoms with E-state index in [4.69, 9.17) is 9.84 Å². The van der Waals surface area contributed by atoms with Crippen molar-refractivity contribution in [1.82, 2.24) is 0 Å². The molecule has 1 saturated heterocycles. The highest BCUT2D eigenvalue weighted by Gasteiger charge is 2.31. The average molecular weight is 172 g/mol. The van der Waals surface area contributed by atoms with Crippen molar-refractivity contribution in [2.24, 2.45) is 5.92 Å². The van der Waals surface area contributed by atoms with Crippen molar-refractivity contribution in [2.45, 2.75) is 51.7 Å². The average Bonchev–Trinajstić information content (AvgIpc) is 2.42. The fourth-order valence-corrected chi connectivity index (χ4v) is 2.01. The van der Waals surface area contributed by atoms with Crippen molar-refractivity contribution >= 4 is 0 Å². The van der Waals surface area contributed by atoms with E-state index in [1.54, 1.807) is 0 Å². The predicted molar refractivity (Wildman–Crippen MR) is 49.1 cm³/mol. The molecule has 0 aromatic heterocycles. The van der Waals surface area contributed by atoms with Gasteiger partial charge in [-0.3, -0.25) is 0 Å². The number of hydrogen-bond acceptors (Lipinski definition) is 2. The maximum atomic E-state index is 9.03. The highest BCUT2D eigenvalue weighted by Crippen LogP contribution is 2.29. The molecule has 0 aromatic carbocycles. The van der Waals surface area contributed by atoms with Gasteiger partial charge in [0, 0.05) is 0 Å². The third kappa shape index (κ3) is 2.46. The van der Waals surface area contributed by atoms with Gasteiger partial charge in [0.2, 0.25) is 0 Å². The first-order chi connectivity index (χ1) is 5.77. The van der Waals surface area contributed by atoms with Crippen LogP contribution in [0.2, 0.25) is 0 Å². The smallest absolute Gasteiger partial charge is 0.0838 e. The van der Waals surface area contributed by atoms with Gasteiger partial charge >= 0.3 is 0 Å². The zero-order valence-electron chi connectivity index (χ0n) is 8.12. The second-order valence-electron chi connectivity index (χ2n) is 3.81. The zero-order valence-corrected chi connectivity index (χ0v) is 8.12. The van der Waals surface area contributed by atoms with Gasteiger partial charge in [0.1, 0.15) is 0 Å². The number of rotatable bonds is 4. The van der Waals surface area contributed by atoms with Crippen molar-refractivity contribution in [2.75, 3.05) is 6.61 Å². The van der Waals surface area contributed by atoms with Gasteiger partial charge in [0.15, 0.2) is 0 Å². The molecule has 0 radical (unpaired) electrons. The standard InChI is InChI=1S/C10H20O2/c1-3-4-5-9-6-8(2)12-10(9)7-11/h8-11H,3-7H2,1-2H3/t8-,9-,10+/m0/s1. The first-order valence-corrected chi connectivity index (χ1v) is 5.04. The lowest BCUT2D eigenvalue weighted by Crippen LogP contribution is -2.20. The second kappa shape index (κ2) is 4.83. The lowest BCUT2D eigenvalue weighted by Gasteiger charge is -2.14. The Labute approximate surface area is 74.9 Å². The summed E-state index contributed by atoms with van der Waals surface area (Å²) in [6, 6.07) is 0. The van der Waals surface area contributed by atoms with Crippen LogP contribution in [-0.2, 0) is 4.74 Å². The van der Waals surface area contributed by atoms with Gasteiger partial charge in [0.25, 0.3) is 0 Å². The molecule has 0 saturated carbocycles. The van der Waals surface area contributed by atoms with Crippen LogP contribution in [0.4, 0.5) is 0 Å². The van der Waals surface area contributed by atoms with Gasteiger partial charge in [-0.1, -0.05) is 19.8 Å². The fraction of sp³-hybridized carbons (Fsp3) is 1.00. The normalized spacial score (nSPS) is 35.8. The maximum Gasteiger partial charge on any atom is 0.0838 e. The van der Waals surface area contributed by atoms with E-state index in [-0.39, 0.29) is 12.7 Å². The SMILES string of the molecule is CCCC[C@H]1C[C@H](C)O[C@@H]1CO. The first kappa shape index (κ1) is 10.0. The Morgan fingerprint density at radius 1 is 1.50 bits per heavy atom. The molecule has 0 amide bonds. The summed E-state index contributed by atoms with van der Waals surface area (Å²) < 4.78 is 5.57. The molecule has 2 heteroatoms. The molecule has 72 valence electrons. The van der Waals surface area contributed by atoms with E-state index in [1.165, 1.54) is 19.3 Å². The number of hydrogen-bond donors (Lipinski definition) is 1. The lowest BCUT2D eigenvalue weighted by molar-refractivity contribution is 0.00540. The van der Waals surface area contributed by atoms with Crippen LogP contribution >= 0.6 is 0 Å². The summed E-state index contributed by atoms with van der Waals surface area (Å²) in [4.78, 5) is 0. The monoisotopic (exact) mass is 172 g/mol. The van der Waals surface area contributed by atoms with Crippen molar-refractivity contribution in [1.29, 1.82) is 0 Å². The molecular weight excluding hydrogens is 152 g/mol. The molecule has 2 nitrogen and oxygen atoms in total. The summed E-state index contributed by atoms with van der Waals surface area (Å²) in [5.41, 5.74) is 0.